The van der Waals surface area contributed by atoms with E-state index in [0.29, 0.717) is 23.2 Å². The molecule has 0 saturated carbocycles. The molecule has 0 spiro atoms. The molecule has 0 unspecified atom stereocenters. The molecule has 0 aliphatic carbocycles. The number of amides is 1. The first-order chi connectivity index (χ1) is 9.99. The van der Waals surface area contributed by atoms with Gasteiger partial charge in [0.2, 0.25) is 15.9 Å². The highest BCUT2D eigenvalue weighted by Gasteiger charge is 2.27. The van der Waals surface area contributed by atoms with Gasteiger partial charge in [-0.2, -0.15) is 0 Å². The molecule has 0 aliphatic heterocycles. The monoisotopic (exact) mass is 391 g/mol. The molecule has 8 heteroatoms. The van der Waals surface area contributed by atoms with Crippen molar-refractivity contribution in [2.24, 2.45) is 11.1 Å². The Balaban J connectivity index is 3.08. The van der Waals surface area contributed by atoms with Crippen LogP contribution >= 0.6 is 15.9 Å². The minimum Gasteiger partial charge on any atom is -0.330 e. The second-order valence-corrected chi connectivity index (χ2v) is 8.85. The molecular formula is C14H22BrN3O3S. The Morgan fingerprint density at radius 2 is 2.00 bits per heavy atom. The summed E-state index contributed by atoms with van der Waals surface area (Å²) >= 11 is 3.27. The number of hydrogen-bond donors (Lipinski definition) is 2. The molecule has 1 aromatic carbocycles. The molecule has 22 heavy (non-hydrogen) atoms. The maximum Gasteiger partial charge on any atom is 0.242 e. The van der Waals surface area contributed by atoms with E-state index in [1.54, 1.807) is 6.07 Å². The molecule has 0 saturated heterocycles. The summed E-state index contributed by atoms with van der Waals surface area (Å²) in [5.41, 5.74) is 5.87. The van der Waals surface area contributed by atoms with Crippen LogP contribution in [0.5, 0.6) is 0 Å². The zero-order valence-corrected chi connectivity index (χ0v) is 15.6. The van der Waals surface area contributed by atoms with Gasteiger partial charge >= 0.3 is 0 Å². The van der Waals surface area contributed by atoms with Crippen molar-refractivity contribution in [1.82, 2.24) is 4.31 Å². The highest BCUT2D eigenvalue weighted by atomic mass is 79.9. The lowest BCUT2D eigenvalue weighted by Crippen LogP contribution is -2.39. The topological polar surface area (TPSA) is 92.5 Å². The lowest BCUT2D eigenvalue weighted by molar-refractivity contribution is -0.114. The average molecular weight is 392 g/mol. The number of carbonyl (C=O) groups excluding carboxylic acids is 1. The molecule has 0 heterocycles. The van der Waals surface area contributed by atoms with Crippen LogP contribution in [0, 0.1) is 5.41 Å². The van der Waals surface area contributed by atoms with Gasteiger partial charge in [-0.05, 0) is 46.1 Å². The van der Waals surface area contributed by atoms with E-state index in [0.717, 1.165) is 0 Å². The fourth-order valence-corrected chi connectivity index (χ4v) is 3.90. The van der Waals surface area contributed by atoms with Crippen LogP contribution in [-0.2, 0) is 14.8 Å². The quantitative estimate of drug-likeness (QED) is 0.775. The summed E-state index contributed by atoms with van der Waals surface area (Å²) in [6.07, 6.45) is 0. The molecule has 0 aromatic heterocycles. The second-order valence-electron chi connectivity index (χ2n) is 5.95. The number of sulfonamides is 1. The second kappa shape index (κ2) is 7.08. The third-order valence-corrected chi connectivity index (χ3v) is 5.62. The van der Waals surface area contributed by atoms with E-state index >= 15 is 0 Å². The number of nitrogens with zero attached hydrogens (tertiary/aromatic N) is 1. The Morgan fingerprint density at radius 1 is 1.41 bits per heavy atom. The minimum atomic E-state index is -3.61. The molecule has 0 atom stereocenters. The Morgan fingerprint density at radius 3 is 2.45 bits per heavy atom. The van der Waals surface area contributed by atoms with Crippen molar-refractivity contribution in [2.75, 3.05) is 25.5 Å². The smallest absolute Gasteiger partial charge is 0.242 e. The summed E-state index contributed by atoms with van der Waals surface area (Å²) < 4.78 is 27.0. The van der Waals surface area contributed by atoms with E-state index in [-0.39, 0.29) is 16.2 Å². The first-order valence-electron chi connectivity index (χ1n) is 6.73. The summed E-state index contributed by atoms with van der Waals surface area (Å²) in [6, 6.07) is 4.50. The first kappa shape index (κ1) is 19.1. The van der Waals surface area contributed by atoms with Crippen molar-refractivity contribution < 1.29 is 13.2 Å². The number of hydrogen-bond acceptors (Lipinski definition) is 4. The van der Waals surface area contributed by atoms with Gasteiger partial charge in [0.25, 0.3) is 0 Å². The van der Waals surface area contributed by atoms with Crippen LogP contribution in [-0.4, -0.2) is 38.8 Å². The lowest BCUT2D eigenvalue weighted by Gasteiger charge is -2.28. The average Bonchev–Trinajstić information content (AvgIpc) is 2.40. The number of anilines is 1. The van der Waals surface area contributed by atoms with Crippen LogP contribution in [0.25, 0.3) is 0 Å². The van der Waals surface area contributed by atoms with Gasteiger partial charge in [0, 0.05) is 25.0 Å². The summed E-state index contributed by atoms with van der Waals surface area (Å²) in [5, 5.41) is 2.62. The van der Waals surface area contributed by atoms with Crippen molar-refractivity contribution >= 4 is 37.5 Å². The third-order valence-electron chi connectivity index (χ3n) is 3.16. The molecule has 0 fully saturated rings. The summed E-state index contributed by atoms with van der Waals surface area (Å²) in [4.78, 5) is 11.2. The van der Waals surface area contributed by atoms with Crippen molar-refractivity contribution in [1.29, 1.82) is 0 Å². The van der Waals surface area contributed by atoms with Gasteiger partial charge < -0.3 is 11.1 Å². The van der Waals surface area contributed by atoms with E-state index in [1.807, 2.05) is 13.8 Å². The molecule has 0 radical (unpaired) electrons. The molecular weight excluding hydrogens is 370 g/mol. The van der Waals surface area contributed by atoms with Crippen LogP contribution in [0.1, 0.15) is 20.8 Å². The van der Waals surface area contributed by atoms with Crippen LogP contribution in [0.2, 0.25) is 0 Å². The Bertz CT molecular complexity index is 659. The number of benzene rings is 1. The molecule has 0 aliphatic rings. The van der Waals surface area contributed by atoms with E-state index in [2.05, 4.69) is 21.2 Å². The number of nitrogens with two attached hydrogens (primary N) is 1. The maximum atomic E-state index is 12.6. The predicted molar refractivity (Wildman–Crippen MR) is 91.1 cm³/mol. The molecule has 1 aromatic rings. The molecule has 1 rings (SSSR count). The SMILES string of the molecule is CC(=O)Nc1ccc(S(=O)(=O)N(C)CC(C)(C)CN)cc1Br. The molecule has 0 bridgehead atoms. The van der Waals surface area contributed by atoms with Gasteiger partial charge in [-0.1, -0.05) is 13.8 Å². The fraction of sp³-hybridized carbons (Fsp3) is 0.500. The predicted octanol–water partition coefficient (Wildman–Crippen LogP) is 2.01. The summed E-state index contributed by atoms with van der Waals surface area (Å²) in [5.74, 6) is -0.224. The molecule has 1 amide bonds. The highest BCUT2D eigenvalue weighted by molar-refractivity contribution is 9.10. The third kappa shape index (κ3) is 4.77. The maximum absolute atomic E-state index is 12.6. The Kier molecular flexibility index (Phi) is 6.14. The lowest BCUT2D eigenvalue weighted by atomic mass is 9.94. The van der Waals surface area contributed by atoms with Crippen molar-refractivity contribution in [3.8, 4) is 0 Å². The van der Waals surface area contributed by atoms with E-state index in [1.165, 1.54) is 30.4 Å². The van der Waals surface area contributed by atoms with Gasteiger partial charge in [-0.3, -0.25) is 4.79 Å². The van der Waals surface area contributed by atoms with Gasteiger partial charge in [0.15, 0.2) is 0 Å². The number of nitrogens with one attached hydrogen (secondary N) is 1. The minimum absolute atomic E-state index is 0.156. The van der Waals surface area contributed by atoms with Crippen LogP contribution in [0.3, 0.4) is 0 Å². The molecule has 3 N–H and O–H groups in total. The van der Waals surface area contributed by atoms with E-state index in [9.17, 15) is 13.2 Å². The van der Waals surface area contributed by atoms with E-state index < -0.39 is 10.0 Å². The van der Waals surface area contributed by atoms with Crippen LogP contribution in [0.15, 0.2) is 27.6 Å². The van der Waals surface area contributed by atoms with Crippen LogP contribution < -0.4 is 11.1 Å². The summed E-state index contributed by atoms with van der Waals surface area (Å²) in [7, 11) is -2.08. The Labute approximate surface area is 140 Å². The molecule has 6 nitrogen and oxygen atoms in total. The van der Waals surface area contributed by atoms with Crippen molar-refractivity contribution in [3.63, 3.8) is 0 Å². The number of halogens is 1. The number of carbonyl (C=O) groups is 1. The summed E-state index contributed by atoms with van der Waals surface area (Å²) in [6.45, 7) is 5.92. The zero-order valence-electron chi connectivity index (χ0n) is 13.2. The normalized spacial score (nSPS) is 12.5. The van der Waals surface area contributed by atoms with Gasteiger partial charge in [0.1, 0.15) is 0 Å². The fourth-order valence-electron chi connectivity index (χ4n) is 1.88. The Hall–Kier alpha value is -0.960. The number of rotatable bonds is 6. The largest absolute Gasteiger partial charge is 0.330 e. The molecule has 124 valence electrons. The van der Waals surface area contributed by atoms with Gasteiger partial charge in [-0.25, -0.2) is 12.7 Å². The van der Waals surface area contributed by atoms with Gasteiger partial charge in [-0.15, -0.1) is 0 Å². The van der Waals surface area contributed by atoms with Crippen molar-refractivity contribution in [2.45, 2.75) is 25.7 Å². The highest BCUT2D eigenvalue weighted by Crippen LogP contribution is 2.28. The van der Waals surface area contributed by atoms with E-state index in [4.69, 9.17) is 5.73 Å². The van der Waals surface area contributed by atoms with Gasteiger partial charge in [0.05, 0.1) is 10.6 Å². The first-order valence-corrected chi connectivity index (χ1v) is 8.96. The van der Waals surface area contributed by atoms with Crippen LogP contribution in [0.4, 0.5) is 5.69 Å². The zero-order chi connectivity index (χ0) is 17.1. The van der Waals surface area contributed by atoms with Crippen molar-refractivity contribution in [3.05, 3.63) is 22.7 Å². The standard InChI is InChI=1S/C14H22BrN3O3S/c1-10(19)17-13-6-5-11(7-12(13)15)22(20,21)18(4)9-14(2,3)8-16/h5-7H,8-9,16H2,1-4H3,(H,17,19).